The molecule has 3 heteroatoms. The molecule has 1 N–H and O–H groups in total. The molecule has 96 valence electrons. The van der Waals surface area contributed by atoms with E-state index in [9.17, 15) is 0 Å². The molecule has 1 fully saturated rings. The van der Waals surface area contributed by atoms with Crippen LogP contribution in [0.4, 0.5) is 0 Å². The molecule has 1 saturated heterocycles. The number of nitrogens with zero attached hydrogens (tertiary/aromatic N) is 1. The Morgan fingerprint density at radius 3 is 2.38 bits per heavy atom. The van der Waals surface area contributed by atoms with Crippen LogP contribution in [-0.2, 0) is 4.74 Å². The zero-order valence-corrected chi connectivity index (χ0v) is 11.3. The molecule has 1 unspecified atom stereocenters. The van der Waals surface area contributed by atoms with Crippen molar-refractivity contribution in [3.05, 3.63) is 0 Å². The van der Waals surface area contributed by atoms with E-state index in [0.29, 0.717) is 18.2 Å². The predicted molar refractivity (Wildman–Crippen MR) is 68.8 cm³/mol. The lowest BCUT2D eigenvalue weighted by Crippen LogP contribution is -2.47. The Morgan fingerprint density at radius 1 is 1.25 bits per heavy atom. The Hall–Kier alpha value is -0.120. The molecule has 0 aromatic rings. The van der Waals surface area contributed by atoms with Gasteiger partial charge in [-0.2, -0.15) is 0 Å². The van der Waals surface area contributed by atoms with Gasteiger partial charge in [-0.25, -0.2) is 0 Å². The van der Waals surface area contributed by atoms with Crippen molar-refractivity contribution in [3.8, 4) is 0 Å². The number of nitrogens with one attached hydrogen (secondary N) is 1. The Kier molecular flexibility index (Phi) is 6.32. The van der Waals surface area contributed by atoms with Gasteiger partial charge in [0.05, 0.1) is 6.10 Å². The minimum absolute atomic E-state index is 0.506. The summed E-state index contributed by atoms with van der Waals surface area (Å²) in [6.07, 6.45) is 2.89. The van der Waals surface area contributed by atoms with Crippen molar-refractivity contribution >= 4 is 0 Å². The first kappa shape index (κ1) is 13.9. The molecule has 0 radical (unpaired) electrons. The van der Waals surface area contributed by atoms with Gasteiger partial charge in [0.2, 0.25) is 0 Å². The first-order valence-electron chi connectivity index (χ1n) is 6.72. The zero-order chi connectivity index (χ0) is 12.0. The van der Waals surface area contributed by atoms with Gasteiger partial charge in [-0.05, 0) is 26.7 Å². The molecule has 3 nitrogen and oxygen atoms in total. The standard InChI is InChI=1S/C13H28N2O/c1-5-16-13-6-8-15(9-7-13)12(4)10-14-11(2)3/h11-14H,5-10H2,1-4H3. The molecule has 0 saturated carbocycles. The lowest BCUT2D eigenvalue weighted by atomic mass is 10.1. The molecule has 0 aliphatic carbocycles. The third-order valence-electron chi connectivity index (χ3n) is 3.32. The molecular formula is C13H28N2O. The Labute approximate surface area is 101 Å². The van der Waals surface area contributed by atoms with E-state index in [0.717, 1.165) is 13.2 Å². The second-order valence-corrected chi connectivity index (χ2v) is 5.10. The van der Waals surface area contributed by atoms with Crippen molar-refractivity contribution in [2.24, 2.45) is 0 Å². The fraction of sp³-hybridized carbons (Fsp3) is 1.00. The average Bonchev–Trinajstić information content (AvgIpc) is 2.27. The largest absolute Gasteiger partial charge is 0.378 e. The van der Waals surface area contributed by atoms with E-state index in [1.54, 1.807) is 0 Å². The van der Waals surface area contributed by atoms with Crippen LogP contribution in [0, 0.1) is 0 Å². The zero-order valence-electron chi connectivity index (χ0n) is 11.3. The van der Waals surface area contributed by atoms with Crippen LogP contribution in [0.25, 0.3) is 0 Å². The highest BCUT2D eigenvalue weighted by molar-refractivity contribution is 4.78. The highest BCUT2D eigenvalue weighted by Crippen LogP contribution is 2.15. The van der Waals surface area contributed by atoms with Crippen molar-refractivity contribution < 1.29 is 4.74 Å². The molecule has 0 amide bonds. The van der Waals surface area contributed by atoms with Gasteiger partial charge in [0, 0.05) is 38.3 Å². The molecular weight excluding hydrogens is 200 g/mol. The lowest BCUT2D eigenvalue weighted by molar-refractivity contribution is 0.00577. The molecule has 1 aliphatic rings. The van der Waals surface area contributed by atoms with Crippen molar-refractivity contribution in [2.75, 3.05) is 26.2 Å². The number of ether oxygens (including phenoxy) is 1. The topological polar surface area (TPSA) is 24.5 Å². The molecule has 0 spiro atoms. The summed E-state index contributed by atoms with van der Waals surface area (Å²) in [5, 5.41) is 3.51. The van der Waals surface area contributed by atoms with Gasteiger partial charge >= 0.3 is 0 Å². The number of piperidine rings is 1. The smallest absolute Gasteiger partial charge is 0.0599 e. The van der Waals surface area contributed by atoms with Gasteiger partial charge in [0.1, 0.15) is 0 Å². The van der Waals surface area contributed by atoms with Gasteiger partial charge in [-0.1, -0.05) is 13.8 Å². The highest BCUT2D eigenvalue weighted by Gasteiger charge is 2.22. The fourth-order valence-corrected chi connectivity index (χ4v) is 2.25. The highest BCUT2D eigenvalue weighted by atomic mass is 16.5. The van der Waals surface area contributed by atoms with Crippen molar-refractivity contribution in [1.82, 2.24) is 10.2 Å². The van der Waals surface area contributed by atoms with E-state index in [-0.39, 0.29) is 0 Å². The van der Waals surface area contributed by atoms with E-state index in [4.69, 9.17) is 4.74 Å². The van der Waals surface area contributed by atoms with Crippen LogP contribution in [0.5, 0.6) is 0 Å². The summed E-state index contributed by atoms with van der Waals surface area (Å²) in [7, 11) is 0. The fourth-order valence-electron chi connectivity index (χ4n) is 2.25. The van der Waals surface area contributed by atoms with Gasteiger partial charge in [-0.15, -0.1) is 0 Å². The quantitative estimate of drug-likeness (QED) is 0.751. The monoisotopic (exact) mass is 228 g/mol. The second-order valence-electron chi connectivity index (χ2n) is 5.10. The van der Waals surface area contributed by atoms with Crippen molar-refractivity contribution in [3.63, 3.8) is 0 Å². The van der Waals surface area contributed by atoms with Crippen molar-refractivity contribution in [1.29, 1.82) is 0 Å². The molecule has 1 aliphatic heterocycles. The van der Waals surface area contributed by atoms with E-state index in [1.807, 2.05) is 0 Å². The summed E-state index contributed by atoms with van der Waals surface area (Å²) < 4.78 is 5.67. The van der Waals surface area contributed by atoms with E-state index < -0.39 is 0 Å². The summed E-state index contributed by atoms with van der Waals surface area (Å²) in [4.78, 5) is 2.57. The maximum Gasteiger partial charge on any atom is 0.0599 e. The molecule has 1 atom stereocenters. The Morgan fingerprint density at radius 2 is 1.88 bits per heavy atom. The van der Waals surface area contributed by atoms with E-state index >= 15 is 0 Å². The van der Waals surface area contributed by atoms with Crippen LogP contribution in [0.2, 0.25) is 0 Å². The summed E-state index contributed by atoms with van der Waals surface area (Å²) in [6.45, 7) is 13.1. The summed E-state index contributed by atoms with van der Waals surface area (Å²) >= 11 is 0. The molecule has 0 aromatic carbocycles. The summed E-state index contributed by atoms with van der Waals surface area (Å²) in [5.74, 6) is 0. The first-order valence-corrected chi connectivity index (χ1v) is 6.72. The van der Waals surface area contributed by atoms with Gasteiger partial charge in [0.15, 0.2) is 0 Å². The van der Waals surface area contributed by atoms with Crippen LogP contribution < -0.4 is 5.32 Å². The maximum absolute atomic E-state index is 5.67. The van der Waals surface area contributed by atoms with E-state index in [1.165, 1.54) is 25.9 Å². The molecule has 1 rings (SSSR count). The Bertz CT molecular complexity index is 177. The van der Waals surface area contributed by atoms with Gasteiger partial charge in [-0.3, -0.25) is 4.90 Å². The predicted octanol–water partition coefficient (Wildman–Crippen LogP) is 1.87. The van der Waals surface area contributed by atoms with Crippen LogP contribution in [0.1, 0.15) is 40.5 Å². The second kappa shape index (κ2) is 7.25. The third-order valence-corrected chi connectivity index (χ3v) is 3.32. The van der Waals surface area contributed by atoms with Crippen LogP contribution in [0.15, 0.2) is 0 Å². The van der Waals surface area contributed by atoms with Gasteiger partial charge < -0.3 is 10.1 Å². The number of rotatable bonds is 6. The first-order chi connectivity index (χ1) is 7.63. The molecule has 16 heavy (non-hydrogen) atoms. The Balaban J connectivity index is 2.19. The third kappa shape index (κ3) is 4.81. The summed E-state index contributed by atoms with van der Waals surface area (Å²) in [6, 6.07) is 1.23. The lowest BCUT2D eigenvalue weighted by Gasteiger charge is -2.36. The number of hydrogen-bond acceptors (Lipinski definition) is 3. The molecule has 0 bridgehead atoms. The number of likely N-dealkylation sites (tertiary alicyclic amines) is 1. The van der Waals surface area contributed by atoms with Crippen LogP contribution in [-0.4, -0.2) is 49.3 Å². The van der Waals surface area contributed by atoms with Crippen LogP contribution in [0.3, 0.4) is 0 Å². The minimum atomic E-state index is 0.506. The normalized spacial score (nSPS) is 21.6. The maximum atomic E-state index is 5.67. The SMILES string of the molecule is CCOC1CCN(C(C)CNC(C)C)CC1. The summed E-state index contributed by atoms with van der Waals surface area (Å²) in [5.41, 5.74) is 0. The average molecular weight is 228 g/mol. The van der Waals surface area contributed by atoms with Crippen molar-refractivity contribution in [2.45, 2.75) is 58.7 Å². The van der Waals surface area contributed by atoms with E-state index in [2.05, 4.69) is 37.9 Å². The van der Waals surface area contributed by atoms with Gasteiger partial charge in [0.25, 0.3) is 0 Å². The van der Waals surface area contributed by atoms with Crippen LogP contribution >= 0.6 is 0 Å². The minimum Gasteiger partial charge on any atom is -0.378 e. The molecule has 1 heterocycles. The number of hydrogen-bond donors (Lipinski definition) is 1. The molecule has 0 aromatic heterocycles.